The second-order valence-electron chi connectivity index (χ2n) is 7.73. The van der Waals surface area contributed by atoms with Gasteiger partial charge in [-0.15, -0.1) is 0 Å². The van der Waals surface area contributed by atoms with Gasteiger partial charge in [-0.1, -0.05) is 41.9 Å². The van der Waals surface area contributed by atoms with Crippen LogP contribution in [0, 0.1) is 0 Å². The molecule has 3 rings (SSSR count). The second kappa shape index (κ2) is 10.5. The van der Waals surface area contributed by atoms with Crippen LogP contribution >= 0.6 is 11.6 Å². The topological polar surface area (TPSA) is 64.7 Å². The average molecular weight is 429 g/mol. The molecule has 0 bridgehead atoms. The van der Waals surface area contributed by atoms with Crippen LogP contribution in [-0.2, 0) is 16.1 Å². The third-order valence-electron chi connectivity index (χ3n) is 5.44. The molecule has 1 heterocycles. The van der Waals surface area contributed by atoms with Gasteiger partial charge in [0.15, 0.2) is 0 Å². The van der Waals surface area contributed by atoms with Gasteiger partial charge in [-0.3, -0.25) is 14.5 Å². The monoisotopic (exact) mass is 428 g/mol. The number of nitrogens with zero attached hydrogens (tertiary/aromatic N) is 2. The summed E-state index contributed by atoms with van der Waals surface area (Å²) in [5.74, 6) is -1.28. The first-order valence-electron chi connectivity index (χ1n) is 10.3. The van der Waals surface area contributed by atoms with E-state index in [0.717, 1.165) is 42.7 Å². The molecule has 0 radical (unpaired) electrons. The van der Waals surface area contributed by atoms with E-state index in [-0.39, 0.29) is 12.6 Å². The fraction of sp³-hybridized carbons (Fsp3) is 0.391. The molecule has 1 aliphatic rings. The molecule has 2 aromatic rings. The molecule has 1 fully saturated rings. The first-order valence-corrected chi connectivity index (χ1v) is 10.6. The van der Waals surface area contributed by atoms with Crippen LogP contribution in [0.25, 0.3) is 0 Å². The van der Waals surface area contributed by atoms with Crippen molar-refractivity contribution in [3.05, 3.63) is 64.7 Å². The zero-order chi connectivity index (χ0) is 21.5. The summed E-state index contributed by atoms with van der Waals surface area (Å²) in [6.45, 7) is 2.59. The molecule has 0 aromatic heterocycles. The molecule has 0 aliphatic carbocycles. The first-order chi connectivity index (χ1) is 14.5. The van der Waals surface area contributed by atoms with Crippen molar-refractivity contribution in [2.45, 2.75) is 25.4 Å². The highest BCUT2D eigenvalue weighted by molar-refractivity contribution is 6.35. The first kappa shape index (κ1) is 22.1. The smallest absolute Gasteiger partial charge is 0.309 e. The summed E-state index contributed by atoms with van der Waals surface area (Å²) in [7, 11) is 4.02. The molecule has 1 saturated heterocycles. The van der Waals surface area contributed by atoms with Crippen molar-refractivity contribution in [1.82, 2.24) is 15.5 Å². The number of nitrogens with one attached hydrogen (secondary N) is 2. The Morgan fingerprint density at radius 2 is 1.63 bits per heavy atom. The number of benzene rings is 2. The molecule has 2 amide bonds. The van der Waals surface area contributed by atoms with Gasteiger partial charge < -0.3 is 15.5 Å². The van der Waals surface area contributed by atoms with Gasteiger partial charge in [-0.05, 0) is 55.3 Å². The number of hydrogen-bond donors (Lipinski definition) is 2. The molecule has 7 heteroatoms. The highest BCUT2D eigenvalue weighted by atomic mass is 35.5. The summed E-state index contributed by atoms with van der Waals surface area (Å²) in [5, 5.41) is 6.01. The summed E-state index contributed by atoms with van der Waals surface area (Å²) >= 11 is 6.10. The largest absolute Gasteiger partial charge is 0.378 e. The van der Waals surface area contributed by atoms with E-state index < -0.39 is 11.8 Å². The van der Waals surface area contributed by atoms with Crippen molar-refractivity contribution in [2.24, 2.45) is 0 Å². The lowest BCUT2D eigenvalue weighted by molar-refractivity contribution is -0.139. The molecule has 0 unspecified atom stereocenters. The van der Waals surface area contributed by atoms with Crippen LogP contribution in [0.1, 0.15) is 30.0 Å². The van der Waals surface area contributed by atoms with Gasteiger partial charge in [0.1, 0.15) is 0 Å². The molecule has 0 spiro atoms. The Balaban J connectivity index is 1.59. The van der Waals surface area contributed by atoms with Crippen LogP contribution in [0.15, 0.2) is 48.5 Å². The molecule has 6 nitrogen and oxygen atoms in total. The van der Waals surface area contributed by atoms with E-state index in [1.807, 2.05) is 32.3 Å². The summed E-state index contributed by atoms with van der Waals surface area (Å²) < 4.78 is 0. The van der Waals surface area contributed by atoms with Crippen LogP contribution in [0.2, 0.25) is 5.02 Å². The van der Waals surface area contributed by atoms with Gasteiger partial charge in [-0.2, -0.15) is 0 Å². The Morgan fingerprint density at radius 3 is 2.27 bits per heavy atom. The maximum absolute atomic E-state index is 12.4. The fourth-order valence-electron chi connectivity index (χ4n) is 3.67. The number of likely N-dealkylation sites (tertiary alicyclic amines) is 1. The molecular formula is C23H29ClN4O2. The van der Waals surface area contributed by atoms with Crippen molar-refractivity contribution >= 4 is 29.1 Å². The third kappa shape index (κ3) is 5.74. The quantitative estimate of drug-likeness (QED) is 0.665. The number of amides is 2. The number of rotatable bonds is 7. The molecule has 1 atom stereocenters. The Labute approximate surface area is 183 Å². The van der Waals surface area contributed by atoms with Crippen LogP contribution in [0.4, 0.5) is 5.69 Å². The maximum Gasteiger partial charge on any atom is 0.309 e. The lowest BCUT2D eigenvalue weighted by Gasteiger charge is -2.28. The van der Waals surface area contributed by atoms with Crippen molar-refractivity contribution in [3.8, 4) is 0 Å². The van der Waals surface area contributed by atoms with Crippen LogP contribution in [0.5, 0.6) is 0 Å². The standard InChI is InChI=1S/C23H29ClN4O2/c1-27(2)19-11-9-17(10-12-19)21(28-13-5-6-14-28)16-26-23(30)22(29)25-15-18-7-3-4-8-20(18)24/h3-4,7-12,21H,5-6,13-16H2,1-2H3,(H,25,29)(H,26,30)/t21-/m1/s1. The van der Waals surface area contributed by atoms with E-state index >= 15 is 0 Å². The van der Waals surface area contributed by atoms with Crippen molar-refractivity contribution < 1.29 is 9.59 Å². The Bertz CT molecular complexity index is 864. The van der Waals surface area contributed by atoms with Crippen molar-refractivity contribution in [3.63, 3.8) is 0 Å². The summed E-state index contributed by atoms with van der Waals surface area (Å²) in [6.07, 6.45) is 2.30. The Morgan fingerprint density at radius 1 is 1.00 bits per heavy atom. The van der Waals surface area contributed by atoms with E-state index in [1.165, 1.54) is 0 Å². The van der Waals surface area contributed by atoms with Gasteiger partial charge in [0.05, 0.1) is 6.04 Å². The van der Waals surface area contributed by atoms with E-state index in [9.17, 15) is 9.59 Å². The van der Waals surface area contributed by atoms with Gasteiger partial charge in [0.2, 0.25) is 0 Å². The molecule has 2 N–H and O–H groups in total. The lowest BCUT2D eigenvalue weighted by Crippen LogP contribution is -2.43. The number of carbonyl (C=O) groups excluding carboxylic acids is 2. The SMILES string of the molecule is CN(C)c1ccc([C@@H](CNC(=O)C(=O)NCc2ccccc2Cl)N2CCCC2)cc1. The fourth-order valence-corrected chi connectivity index (χ4v) is 3.88. The lowest BCUT2D eigenvalue weighted by atomic mass is 10.0. The number of anilines is 1. The van der Waals surface area contributed by atoms with E-state index in [1.54, 1.807) is 6.07 Å². The minimum Gasteiger partial charge on any atom is -0.378 e. The average Bonchev–Trinajstić information content (AvgIpc) is 3.28. The summed E-state index contributed by atoms with van der Waals surface area (Å²) in [5.41, 5.74) is 3.04. The molecule has 2 aromatic carbocycles. The van der Waals surface area contributed by atoms with Crippen LogP contribution in [0.3, 0.4) is 0 Å². The maximum atomic E-state index is 12.4. The molecule has 0 saturated carbocycles. The molecule has 30 heavy (non-hydrogen) atoms. The molecular weight excluding hydrogens is 400 g/mol. The zero-order valence-electron chi connectivity index (χ0n) is 17.5. The van der Waals surface area contributed by atoms with Crippen LogP contribution < -0.4 is 15.5 Å². The minimum absolute atomic E-state index is 0.0454. The predicted octanol–water partition coefficient (Wildman–Crippen LogP) is 2.98. The Hall–Kier alpha value is -2.57. The number of halogens is 1. The van der Waals surface area contributed by atoms with Gasteiger partial charge in [-0.25, -0.2) is 0 Å². The van der Waals surface area contributed by atoms with E-state index in [2.05, 4.69) is 44.7 Å². The normalized spacial score (nSPS) is 14.9. The number of carbonyl (C=O) groups is 2. The van der Waals surface area contributed by atoms with Crippen LogP contribution in [-0.4, -0.2) is 50.4 Å². The van der Waals surface area contributed by atoms with Gasteiger partial charge in [0.25, 0.3) is 0 Å². The minimum atomic E-state index is -0.655. The van der Waals surface area contributed by atoms with Gasteiger partial charge in [0, 0.05) is 37.9 Å². The Kier molecular flexibility index (Phi) is 7.71. The highest BCUT2D eigenvalue weighted by Gasteiger charge is 2.25. The summed E-state index contributed by atoms with van der Waals surface area (Å²) in [4.78, 5) is 29.0. The van der Waals surface area contributed by atoms with E-state index in [4.69, 9.17) is 11.6 Å². The third-order valence-corrected chi connectivity index (χ3v) is 5.80. The van der Waals surface area contributed by atoms with Crippen molar-refractivity contribution in [2.75, 3.05) is 38.6 Å². The summed E-state index contributed by atoms with van der Waals surface area (Å²) in [6, 6.07) is 15.6. The predicted molar refractivity (Wildman–Crippen MR) is 121 cm³/mol. The highest BCUT2D eigenvalue weighted by Crippen LogP contribution is 2.26. The zero-order valence-corrected chi connectivity index (χ0v) is 18.3. The second-order valence-corrected chi connectivity index (χ2v) is 8.14. The number of hydrogen-bond acceptors (Lipinski definition) is 4. The van der Waals surface area contributed by atoms with Crippen molar-refractivity contribution in [1.29, 1.82) is 0 Å². The molecule has 160 valence electrons. The van der Waals surface area contributed by atoms with Gasteiger partial charge >= 0.3 is 11.8 Å². The molecule has 1 aliphatic heterocycles. The van der Waals surface area contributed by atoms with E-state index in [0.29, 0.717) is 11.6 Å².